The van der Waals surface area contributed by atoms with Crippen molar-refractivity contribution in [2.24, 2.45) is 0 Å². The lowest BCUT2D eigenvalue weighted by atomic mass is 10.0. The fourth-order valence-corrected chi connectivity index (χ4v) is 2.76. The van der Waals surface area contributed by atoms with Crippen LogP contribution in [-0.2, 0) is 6.42 Å². The number of aromatic carboxylic acids is 1. The van der Waals surface area contributed by atoms with E-state index in [1.807, 2.05) is 12.1 Å². The molecule has 0 atom stereocenters. The molecule has 0 saturated carbocycles. The largest absolute Gasteiger partial charge is 0.478 e. The molecule has 0 spiro atoms. The van der Waals surface area contributed by atoms with Crippen molar-refractivity contribution in [1.29, 1.82) is 0 Å². The third kappa shape index (κ3) is 2.84. The smallest absolute Gasteiger partial charge is 0.335 e. The van der Waals surface area contributed by atoms with E-state index in [1.54, 1.807) is 18.2 Å². The number of hydrogen-bond donors (Lipinski definition) is 2. The summed E-state index contributed by atoms with van der Waals surface area (Å²) in [5, 5.41) is 12.3. The van der Waals surface area contributed by atoms with Gasteiger partial charge >= 0.3 is 5.97 Å². The monoisotopic (exact) mass is 282 g/mol. The van der Waals surface area contributed by atoms with Crippen LogP contribution in [0, 0.1) is 0 Å². The van der Waals surface area contributed by atoms with Gasteiger partial charge in [0, 0.05) is 30.7 Å². The second-order valence-corrected chi connectivity index (χ2v) is 5.38. The molecule has 2 aromatic carbocycles. The van der Waals surface area contributed by atoms with E-state index < -0.39 is 5.97 Å². The predicted octanol–water partition coefficient (Wildman–Crippen LogP) is 3.51. The van der Waals surface area contributed by atoms with Gasteiger partial charge in [0.1, 0.15) is 0 Å². The predicted molar refractivity (Wildman–Crippen MR) is 84.7 cm³/mol. The second kappa shape index (κ2) is 5.48. The molecule has 0 saturated heterocycles. The number of nitrogens with one attached hydrogen (secondary N) is 1. The first-order valence-electron chi connectivity index (χ1n) is 7.08. The van der Waals surface area contributed by atoms with E-state index in [-0.39, 0.29) is 5.56 Å². The number of carbonyl (C=O) groups is 1. The first kappa shape index (κ1) is 13.5. The first-order valence-corrected chi connectivity index (χ1v) is 7.08. The number of hydrogen-bond acceptors (Lipinski definition) is 3. The lowest BCUT2D eigenvalue weighted by Gasteiger charge is -2.28. The van der Waals surface area contributed by atoms with Crippen LogP contribution in [-0.4, -0.2) is 24.7 Å². The van der Waals surface area contributed by atoms with Crippen molar-refractivity contribution in [3.05, 3.63) is 53.6 Å². The summed E-state index contributed by atoms with van der Waals surface area (Å²) >= 11 is 0. The molecule has 2 aromatic rings. The summed E-state index contributed by atoms with van der Waals surface area (Å²) in [5.74, 6) is -0.911. The first-order chi connectivity index (χ1) is 10.1. The molecule has 108 valence electrons. The number of carboxylic acids is 1. The average molecular weight is 282 g/mol. The Morgan fingerprint density at radius 1 is 1.19 bits per heavy atom. The standard InChI is InChI=1S/C17H18N2O2/c1-19-9-3-5-12-10-15(7-8-16(12)19)18-14-6-2-4-13(11-14)17(20)21/h2,4,6-8,10-11,18H,3,5,9H2,1H3,(H,20,21). The van der Waals surface area contributed by atoms with Gasteiger partial charge in [0.25, 0.3) is 0 Å². The number of nitrogens with zero attached hydrogens (tertiary/aromatic N) is 1. The molecule has 0 bridgehead atoms. The van der Waals surface area contributed by atoms with Gasteiger partial charge in [-0.3, -0.25) is 0 Å². The fourth-order valence-electron chi connectivity index (χ4n) is 2.76. The molecule has 0 fully saturated rings. The van der Waals surface area contributed by atoms with Crippen molar-refractivity contribution < 1.29 is 9.90 Å². The van der Waals surface area contributed by atoms with Gasteiger partial charge < -0.3 is 15.3 Å². The van der Waals surface area contributed by atoms with Gasteiger partial charge in [-0.2, -0.15) is 0 Å². The quantitative estimate of drug-likeness (QED) is 0.904. The minimum Gasteiger partial charge on any atom is -0.478 e. The zero-order valence-electron chi connectivity index (χ0n) is 12.0. The third-order valence-electron chi connectivity index (χ3n) is 3.83. The minimum absolute atomic E-state index is 0.290. The number of carboxylic acid groups (broad SMARTS) is 1. The molecule has 3 rings (SSSR count). The van der Waals surface area contributed by atoms with Crippen molar-refractivity contribution in [3.8, 4) is 0 Å². The molecule has 0 aliphatic carbocycles. The van der Waals surface area contributed by atoms with Crippen LogP contribution in [0.25, 0.3) is 0 Å². The van der Waals surface area contributed by atoms with E-state index in [1.165, 1.54) is 17.7 Å². The number of aryl methyl sites for hydroxylation is 1. The SMILES string of the molecule is CN1CCCc2cc(Nc3cccc(C(=O)O)c3)ccc21. The van der Waals surface area contributed by atoms with Crippen molar-refractivity contribution >= 4 is 23.0 Å². The molecule has 1 aliphatic rings. The molecular formula is C17H18N2O2. The second-order valence-electron chi connectivity index (χ2n) is 5.38. The minimum atomic E-state index is -0.911. The number of benzene rings is 2. The Balaban J connectivity index is 1.85. The highest BCUT2D eigenvalue weighted by atomic mass is 16.4. The van der Waals surface area contributed by atoms with Crippen LogP contribution >= 0.6 is 0 Å². The molecule has 0 unspecified atom stereocenters. The highest BCUT2D eigenvalue weighted by molar-refractivity contribution is 5.89. The van der Waals surface area contributed by atoms with E-state index >= 15 is 0 Å². The molecular weight excluding hydrogens is 264 g/mol. The van der Waals surface area contributed by atoms with Crippen LogP contribution in [0.15, 0.2) is 42.5 Å². The molecule has 1 heterocycles. The van der Waals surface area contributed by atoms with Gasteiger partial charge in [-0.05, 0) is 54.8 Å². The van der Waals surface area contributed by atoms with Gasteiger partial charge in [0.15, 0.2) is 0 Å². The Morgan fingerprint density at radius 2 is 2.00 bits per heavy atom. The van der Waals surface area contributed by atoms with Crippen LogP contribution in [0.4, 0.5) is 17.1 Å². The van der Waals surface area contributed by atoms with Gasteiger partial charge in [0.05, 0.1) is 5.56 Å². The Kier molecular flexibility index (Phi) is 3.52. The Bertz CT molecular complexity index is 682. The zero-order valence-corrected chi connectivity index (χ0v) is 12.0. The summed E-state index contributed by atoms with van der Waals surface area (Å²) in [7, 11) is 2.11. The van der Waals surface area contributed by atoms with E-state index in [0.717, 1.165) is 24.3 Å². The van der Waals surface area contributed by atoms with Gasteiger partial charge in [-0.1, -0.05) is 6.07 Å². The molecule has 1 aliphatic heterocycles. The van der Waals surface area contributed by atoms with Crippen LogP contribution in [0.1, 0.15) is 22.3 Å². The number of anilines is 3. The zero-order chi connectivity index (χ0) is 14.8. The maximum atomic E-state index is 11.0. The normalized spacial score (nSPS) is 13.7. The molecule has 0 aromatic heterocycles. The summed E-state index contributed by atoms with van der Waals surface area (Å²) in [4.78, 5) is 13.3. The summed E-state index contributed by atoms with van der Waals surface area (Å²) in [6.07, 6.45) is 2.26. The molecule has 4 heteroatoms. The molecule has 21 heavy (non-hydrogen) atoms. The maximum Gasteiger partial charge on any atom is 0.335 e. The van der Waals surface area contributed by atoms with Crippen LogP contribution in [0.2, 0.25) is 0 Å². The third-order valence-corrected chi connectivity index (χ3v) is 3.83. The molecule has 4 nitrogen and oxygen atoms in total. The topological polar surface area (TPSA) is 52.6 Å². The number of fused-ring (bicyclic) bond motifs is 1. The highest BCUT2D eigenvalue weighted by Gasteiger charge is 2.13. The van der Waals surface area contributed by atoms with Crippen molar-refractivity contribution in [3.63, 3.8) is 0 Å². The Hall–Kier alpha value is -2.49. The van der Waals surface area contributed by atoms with Gasteiger partial charge in [0.2, 0.25) is 0 Å². The Morgan fingerprint density at radius 3 is 2.81 bits per heavy atom. The average Bonchev–Trinajstić information content (AvgIpc) is 2.47. The van der Waals surface area contributed by atoms with Gasteiger partial charge in [-0.15, -0.1) is 0 Å². The van der Waals surface area contributed by atoms with Gasteiger partial charge in [-0.25, -0.2) is 4.79 Å². The van der Waals surface area contributed by atoms with E-state index in [4.69, 9.17) is 5.11 Å². The van der Waals surface area contributed by atoms with Crippen LogP contribution in [0.3, 0.4) is 0 Å². The van der Waals surface area contributed by atoms with Crippen LogP contribution < -0.4 is 10.2 Å². The van der Waals surface area contributed by atoms with E-state index in [2.05, 4.69) is 29.4 Å². The highest BCUT2D eigenvalue weighted by Crippen LogP contribution is 2.29. The molecule has 0 amide bonds. The Labute approximate surface area is 124 Å². The van der Waals surface area contributed by atoms with E-state index in [0.29, 0.717) is 0 Å². The summed E-state index contributed by atoms with van der Waals surface area (Å²) < 4.78 is 0. The summed E-state index contributed by atoms with van der Waals surface area (Å²) in [5.41, 5.74) is 4.69. The van der Waals surface area contributed by atoms with Crippen molar-refractivity contribution in [2.45, 2.75) is 12.8 Å². The van der Waals surface area contributed by atoms with Crippen LogP contribution in [0.5, 0.6) is 0 Å². The maximum absolute atomic E-state index is 11.0. The summed E-state index contributed by atoms with van der Waals surface area (Å²) in [6, 6.07) is 13.2. The summed E-state index contributed by atoms with van der Waals surface area (Å²) in [6.45, 7) is 1.10. The lowest BCUT2D eigenvalue weighted by molar-refractivity contribution is 0.0697. The van der Waals surface area contributed by atoms with E-state index in [9.17, 15) is 4.79 Å². The fraction of sp³-hybridized carbons (Fsp3) is 0.235. The van der Waals surface area contributed by atoms with Crippen molar-refractivity contribution in [2.75, 3.05) is 23.8 Å². The molecule has 2 N–H and O–H groups in total. The number of rotatable bonds is 3. The molecule has 0 radical (unpaired) electrons. The lowest BCUT2D eigenvalue weighted by Crippen LogP contribution is -2.24. The van der Waals surface area contributed by atoms with Crippen molar-refractivity contribution in [1.82, 2.24) is 0 Å².